The predicted octanol–water partition coefficient (Wildman–Crippen LogP) is 3.69. The molecule has 0 amide bonds. The average molecular weight is 324 g/mol. The van der Waals surface area contributed by atoms with Crippen LogP contribution >= 0.6 is 0 Å². The largest absolute Gasteiger partial charge is 0.434 e. The highest BCUT2D eigenvalue weighted by atomic mass is 19.3. The van der Waals surface area contributed by atoms with Crippen molar-refractivity contribution in [2.24, 2.45) is 5.92 Å². The quantitative estimate of drug-likeness (QED) is 0.837. The molecule has 1 aliphatic carbocycles. The molecular formula is C18H26F2N2O. The van der Waals surface area contributed by atoms with Gasteiger partial charge < -0.3 is 15.4 Å². The number of ether oxygens (including phenoxy) is 1. The summed E-state index contributed by atoms with van der Waals surface area (Å²) >= 11 is 0. The van der Waals surface area contributed by atoms with Crippen molar-refractivity contribution in [2.75, 3.05) is 6.54 Å². The van der Waals surface area contributed by atoms with Gasteiger partial charge in [0.15, 0.2) is 0 Å². The summed E-state index contributed by atoms with van der Waals surface area (Å²) in [4.78, 5) is 0. The summed E-state index contributed by atoms with van der Waals surface area (Å²) in [5.41, 5.74) is 0.801. The lowest BCUT2D eigenvalue weighted by molar-refractivity contribution is -0.0505. The predicted molar refractivity (Wildman–Crippen MR) is 86.7 cm³/mol. The second-order valence-electron chi connectivity index (χ2n) is 6.62. The molecule has 0 aromatic heterocycles. The van der Waals surface area contributed by atoms with Crippen molar-refractivity contribution < 1.29 is 13.5 Å². The highest BCUT2D eigenvalue weighted by molar-refractivity contribution is 5.33. The maximum atomic E-state index is 12.5. The van der Waals surface area contributed by atoms with E-state index < -0.39 is 6.61 Å². The fraction of sp³-hybridized carbons (Fsp3) is 0.667. The zero-order chi connectivity index (χ0) is 16.1. The number of hydrogen-bond acceptors (Lipinski definition) is 3. The summed E-state index contributed by atoms with van der Waals surface area (Å²) in [5, 5.41) is 7.26. The van der Waals surface area contributed by atoms with Gasteiger partial charge in [0.05, 0.1) is 0 Å². The molecular weight excluding hydrogens is 298 g/mol. The fourth-order valence-corrected chi connectivity index (χ4v) is 4.07. The number of piperidine rings is 1. The maximum absolute atomic E-state index is 12.5. The van der Waals surface area contributed by atoms with E-state index in [4.69, 9.17) is 0 Å². The van der Waals surface area contributed by atoms with E-state index in [9.17, 15) is 8.78 Å². The van der Waals surface area contributed by atoms with Crippen LogP contribution in [0.15, 0.2) is 24.3 Å². The topological polar surface area (TPSA) is 33.3 Å². The molecule has 0 bridgehead atoms. The summed E-state index contributed by atoms with van der Waals surface area (Å²) in [6.07, 6.45) is 7.51. The van der Waals surface area contributed by atoms with Crippen molar-refractivity contribution in [2.45, 2.75) is 63.8 Å². The zero-order valence-corrected chi connectivity index (χ0v) is 13.4. The molecule has 2 fully saturated rings. The minimum Gasteiger partial charge on any atom is -0.434 e. The first-order valence-corrected chi connectivity index (χ1v) is 8.73. The number of hydrogen-bond donors (Lipinski definition) is 2. The van der Waals surface area contributed by atoms with E-state index in [1.807, 2.05) is 12.1 Å². The van der Waals surface area contributed by atoms with Crippen LogP contribution < -0.4 is 15.4 Å². The standard InChI is InChI=1S/C18H26F2N2O/c19-18(20)23-17-10-2-1-6-13(17)12-22-16-9-5-7-14(16)15-8-3-4-11-21-15/h1-2,6,10,14-16,18,21-22H,3-5,7-9,11-12H2. The summed E-state index contributed by atoms with van der Waals surface area (Å²) in [6, 6.07) is 8.13. The first kappa shape index (κ1) is 16.7. The van der Waals surface area contributed by atoms with Crippen molar-refractivity contribution in [1.82, 2.24) is 10.6 Å². The highest BCUT2D eigenvalue weighted by Crippen LogP contribution is 2.32. The van der Waals surface area contributed by atoms with Crippen LogP contribution in [0.25, 0.3) is 0 Å². The van der Waals surface area contributed by atoms with Crippen LogP contribution in [0, 0.1) is 5.92 Å². The van der Waals surface area contributed by atoms with E-state index in [0.717, 1.165) is 12.1 Å². The summed E-state index contributed by atoms with van der Waals surface area (Å²) in [5.74, 6) is 0.929. The Kier molecular flexibility index (Phi) is 5.84. The van der Waals surface area contributed by atoms with Crippen LogP contribution in [0.1, 0.15) is 44.1 Å². The van der Waals surface area contributed by atoms with Gasteiger partial charge in [-0.2, -0.15) is 8.78 Å². The fourth-order valence-electron chi connectivity index (χ4n) is 4.07. The van der Waals surface area contributed by atoms with Crippen LogP contribution in [0.2, 0.25) is 0 Å². The summed E-state index contributed by atoms with van der Waals surface area (Å²) < 4.78 is 29.6. The molecule has 3 unspecified atom stereocenters. The van der Waals surface area contributed by atoms with Crippen molar-refractivity contribution in [3.05, 3.63) is 29.8 Å². The third-order valence-corrected chi connectivity index (χ3v) is 5.18. The van der Waals surface area contributed by atoms with Gasteiger partial charge in [0, 0.05) is 24.2 Å². The Labute approximate surface area is 136 Å². The monoisotopic (exact) mass is 324 g/mol. The van der Waals surface area contributed by atoms with Crippen LogP contribution in [-0.2, 0) is 6.54 Å². The molecule has 3 rings (SSSR count). The second-order valence-corrected chi connectivity index (χ2v) is 6.62. The molecule has 1 aromatic rings. The van der Waals surface area contributed by atoms with Gasteiger partial charge in [0.1, 0.15) is 5.75 Å². The highest BCUT2D eigenvalue weighted by Gasteiger charge is 2.33. The molecule has 1 aromatic carbocycles. The molecule has 2 N–H and O–H groups in total. The van der Waals surface area contributed by atoms with Gasteiger partial charge >= 0.3 is 6.61 Å². The molecule has 0 radical (unpaired) electrons. The number of rotatable bonds is 6. The molecule has 5 heteroatoms. The Balaban J connectivity index is 1.59. The molecule has 23 heavy (non-hydrogen) atoms. The van der Waals surface area contributed by atoms with E-state index >= 15 is 0 Å². The van der Waals surface area contributed by atoms with Gasteiger partial charge in [0.2, 0.25) is 0 Å². The molecule has 1 aliphatic heterocycles. The van der Waals surface area contributed by atoms with E-state index in [1.54, 1.807) is 12.1 Å². The molecule has 1 heterocycles. The molecule has 128 valence electrons. The van der Waals surface area contributed by atoms with Gasteiger partial charge in [-0.25, -0.2) is 0 Å². The summed E-state index contributed by atoms with van der Waals surface area (Å²) in [7, 11) is 0. The normalized spacial score (nSPS) is 28.2. The smallest absolute Gasteiger partial charge is 0.387 e. The van der Waals surface area contributed by atoms with Crippen LogP contribution in [-0.4, -0.2) is 25.2 Å². The van der Waals surface area contributed by atoms with E-state index in [1.165, 1.54) is 38.5 Å². The Morgan fingerprint density at radius 1 is 1.13 bits per heavy atom. The van der Waals surface area contributed by atoms with Crippen LogP contribution in [0.4, 0.5) is 8.78 Å². The SMILES string of the molecule is FC(F)Oc1ccccc1CNC1CCCC1C1CCCCN1. The summed E-state index contributed by atoms with van der Waals surface area (Å²) in [6.45, 7) is -1.07. The molecule has 3 nitrogen and oxygen atoms in total. The lowest BCUT2D eigenvalue weighted by atomic mass is 9.88. The van der Waals surface area contributed by atoms with E-state index in [0.29, 0.717) is 24.5 Å². The number of alkyl halides is 2. The molecule has 0 spiro atoms. The Bertz CT molecular complexity index is 492. The molecule has 2 aliphatic rings. The first-order valence-electron chi connectivity index (χ1n) is 8.73. The number of halogens is 2. The number of para-hydroxylation sites is 1. The van der Waals surface area contributed by atoms with Gasteiger partial charge in [0.25, 0.3) is 0 Å². The first-order chi connectivity index (χ1) is 11.2. The lowest BCUT2D eigenvalue weighted by Gasteiger charge is -2.33. The van der Waals surface area contributed by atoms with Gasteiger partial charge in [-0.1, -0.05) is 31.0 Å². The third-order valence-electron chi connectivity index (χ3n) is 5.18. The van der Waals surface area contributed by atoms with E-state index in [-0.39, 0.29) is 5.75 Å². The zero-order valence-electron chi connectivity index (χ0n) is 13.4. The van der Waals surface area contributed by atoms with Crippen LogP contribution in [0.5, 0.6) is 5.75 Å². The maximum Gasteiger partial charge on any atom is 0.387 e. The van der Waals surface area contributed by atoms with Crippen LogP contribution in [0.3, 0.4) is 0 Å². The molecule has 1 saturated heterocycles. The van der Waals surface area contributed by atoms with Gasteiger partial charge in [-0.3, -0.25) is 0 Å². The number of nitrogens with one attached hydrogen (secondary N) is 2. The van der Waals surface area contributed by atoms with E-state index in [2.05, 4.69) is 15.4 Å². The third kappa shape index (κ3) is 4.42. The average Bonchev–Trinajstić information content (AvgIpc) is 3.03. The number of benzene rings is 1. The molecule has 1 saturated carbocycles. The Morgan fingerprint density at radius 3 is 2.78 bits per heavy atom. The van der Waals surface area contributed by atoms with Crippen molar-refractivity contribution in [1.29, 1.82) is 0 Å². The van der Waals surface area contributed by atoms with Crippen molar-refractivity contribution >= 4 is 0 Å². The lowest BCUT2D eigenvalue weighted by Crippen LogP contribution is -2.46. The minimum absolute atomic E-state index is 0.278. The second kappa shape index (κ2) is 8.06. The minimum atomic E-state index is -2.78. The molecule has 3 atom stereocenters. The van der Waals surface area contributed by atoms with Gasteiger partial charge in [-0.05, 0) is 44.2 Å². The Morgan fingerprint density at radius 2 is 2.00 bits per heavy atom. The van der Waals surface area contributed by atoms with Gasteiger partial charge in [-0.15, -0.1) is 0 Å². The van der Waals surface area contributed by atoms with Crippen molar-refractivity contribution in [3.63, 3.8) is 0 Å². The Hall–Kier alpha value is -1.20. The van der Waals surface area contributed by atoms with Crippen molar-refractivity contribution in [3.8, 4) is 5.75 Å².